The summed E-state index contributed by atoms with van der Waals surface area (Å²) in [6.07, 6.45) is 3.98. The molecule has 0 amide bonds. The van der Waals surface area contributed by atoms with Gasteiger partial charge in [0.1, 0.15) is 5.82 Å². The van der Waals surface area contributed by atoms with Gasteiger partial charge in [-0.25, -0.2) is 4.39 Å². The fraction of sp³-hybridized carbons (Fsp3) is 0.455. The molecule has 1 rings (SSSR count). The van der Waals surface area contributed by atoms with Crippen molar-refractivity contribution in [2.75, 3.05) is 6.54 Å². The van der Waals surface area contributed by atoms with Crippen molar-refractivity contribution < 1.29 is 4.39 Å². The number of benzene rings is 1. The van der Waals surface area contributed by atoms with Crippen molar-refractivity contribution in [2.45, 2.75) is 25.7 Å². The van der Waals surface area contributed by atoms with Crippen LogP contribution in [0.25, 0.3) is 0 Å². The number of hydrogen-bond acceptors (Lipinski definition) is 1. The van der Waals surface area contributed by atoms with Crippen molar-refractivity contribution in [2.24, 2.45) is 5.73 Å². The Kier molecular flexibility index (Phi) is 4.47. The van der Waals surface area contributed by atoms with E-state index in [1.807, 2.05) is 12.1 Å². The van der Waals surface area contributed by atoms with Crippen LogP contribution in [-0.2, 0) is 6.42 Å². The molecule has 0 atom stereocenters. The summed E-state index contributed by atoms with van der Waals surface area (Å²) >= 11 is 0. The van der Waals surface area contributed by atoms with Gasteiger partial charge in [-0.3, -0.25) is 0 Å². The second-order valence-electron chi connectivity index (χ2n) is 3.19. The van der Waals surface area contributed by atoms with Crippen LogP contribution < -0.4 is 5.73 Å². The third-order valence-electron chi connectivity index (χ3n) is 2.11. The van der Waals surface area contributed by atoms with Crippen molar-refractivity contribution in [1.29, 1.82) is 0 Å². The molecule has 0 fully saturated rings. The van der Waals surface area contributed by atoms with E-state index in [0.717, 1.165) is 37.8 Å². The Morgan fingerprint density at radius 2 is 1.85 bits per heavy atom. The van der Waals surface area contributed by atoms with Gasteiger partial charge in [0.15, 0.2) is 0 Å². The lowest BCUT2D eigenvalue weighted by atomic mass is 10.1. The fourth-order valence-corrected chi connectivity index (χ4v) is 1.34. The Hall–Kier alpha value is -0.890. The zero-order chi connectivity index (χ0) is 9.52. The maximum absolute atomic E-state index is 13.1. The van der Waals surface area contributed by atoms with Gasteiger partial charge in [0.25, 0.3) is 0 Å². The molecule has 0 aliphatic heterocycles. The number of nitrogens with two attached hydrogens (primary N) is 1. The molecule has 0 saturated carbocycles. The van der Waals surface area contributed by atoms with E-state index in [2.05, 4.69) is 0 Å². The largest absolute Gasteiger partial charge is 0.330 e. The Bertz CT molecular complexity index is 248. The summed E-state index contributed by atoms with van der Waals surface area (Å²) in [5.41, 5.74) is 6.18. The van der Waals surface area contributed by atoms with Crippen molar-refractivity contribution in [3.05, 3.63) is 35.6 Å². The van der Waals surface area contributed by atoms with E-state index >= 15 is 0 Å². The molecule has 0 aliphatic rings. The first-order valence-corrected chi connectivity index (χ1v) is 4.78. The predicted octanol–water partition coefficient (Wildman–Crippen LogP) is 2.50. The third kappa shape index (κ3) is 3.55. The van der Waals surface area contributed by atoms with E-state index in [0.29, 0.717) is 0 Å². The zero-order valence-corrected chi connectivity index (χ0v) is 7.80. The normalized spacial score (nSPS) is 10.3. The van der Waals surface area contributed by atoms with Crippen LogP contribution in [0, 0.1) is 5.82 Å². The van der Waals surface area contributed by atoms with Crippen molar-refractivity contribution in [3.8, 4) is 0 Å². The van der Waals surface area contributed by atoms with Crippen LogP contribution in [0.1, 0.15) is 24.8 Å². The highest BCUT2D eigenvalue weighted by molar-refractivity contribution is 5.17. The monoisotopic (exact) mass is 181 g/mol. The fourth-order valence-electron chi connectivity index (χ4n) is 1.34. The van der Waals surface area contributed by atoms with Gasteiger partial charge in [0, 0.05) is 0 Å². The van der Waals surface area contributed by atoms with Crippen molar-refractivity contribution in [3.63, 3.8) is 0 Å². The maximum atomic E-state index is 13.1. The van der Waals surface area contributed by atoms with E-state index in [-0.39, 0.29) is 5.82 Å². The standard InChI is InChI=1S/C11H16FN/c12-11-8-4-3-7-10(11)6-2-1-5-9-13/h3-4,7-8H,1-2,5-6,9,13H2. The van der Waals surface area contributed by atoms with E-state index in [4.69, 9.17) is 5.73 Å². The smallest absolute Gasteiger partial charge is 0.126 e. The first-order valence-electron chi connectivity index (χ1n) is 4.78. The van der Waals surface area contributed by atoms with Gasteiger partial charge in [0.05, 0.1) is 0 Å². The van der Waals surface area contributed by atoms with Gasteiger partial charge < -0.3 is 5.73 Å². The summed E-state index contributed by atoms with van der Waals surface area (Å²) in [6.45, 7) is 0.733. The quantitative estimate of drug-likeness (QED) is 0.694. The van der Waals surface area contributed by atoms with Crippen LogP contribution in [0.2, 0.25) is 0 Å². The minimum absolute atomic E-state index is 0.0877. The minimum Gasteiger partial charge on any atom is -0.330 e. The second kappa shape index (κ2) is 5.70. The van der Waals surface area contributed by atoms with Gasteiger partial charge in [-0.05, 0) is 37.4 Å². The zero-order valence-electron chi connectivity index (χ0n) is 7.80. The molecule has 13 heavy (non-hydrogen) atoms. The van der Waals surface area contributed by atoms with Crippen LogP contribution >= 0.6 is 0 Å². The maximum Gasteiger partial charge on any atom is 0.126 e. The van der Waals surface area contributed by atoms with Crippen molar-refractivity contribution >= 4 is 0 Å². The van der Waals surface area contributed by atoms with Gasteiger partial charge in [0.2, 0.25) is 0 Å². The molecular weight excluding hydrogens is 165 g/mol. The molecule has 0 bridgehead atoms. The topological polar surface area (TPSA) is 26.0 Å². The van der Waals surface area contributed by atoms with Crippen LogP contribution in [0.3, 0.4) is 0 Å². The molecule has 0 unspecified atom stereocenters. The number of halogens is 1. The highest BCUT2D eigenvalue weighted by Crippen LogP contribution is 2.10. The van der Waals surface area contributed by atoms with Gasteiger partial charge in [-0.15, -0.1) is 0 Å². The Balaban J connectivity index is 2.32. The summed E-state index contributed by atoms with van der Waals surface area (Å²) in [6, 6.07) is 6.95. The summed E-state index contributed by atoms with van der Waals surface area (Å²) in [7, 11) is 0. The molecular formula is C11H16FN. The highest BCUT2D eigenvalue weighted by atomic mass is 19.1. The SMILES string of the molecule is NCCCCCc1ccccc1F. The van der Waals surface area contributed by atoms with E-state index in [9.17, 15) is 4.39 Å². The molecule has 1 aromatic rings. The molecule has 0 aliphatic carbocycles. The molecule has 72 valence electrons. The van der Waals surface area contributed by atoms with Crippen LogP contribution in [-0.4, -0.2) is 6.54 Å². The molecule has 2 N–H and O–H groups in total. The lowest BCUT2D eigenvalue weighted by Crippen LogP contribution is -1.98. The van der Waals surface area contributed by atoms with Crippen molar-refractivity contribution in [1.82, 2.24) is 0 Å². The predicted molar refractivity (Wildman–Crippen MR) is 53.0 cm³/mol. The Labute approximate surface area is 78.8 Å². The third-order valence-corrected chi connectivity index (χ3v) is 2.11. The van der Waals surface area contributed by atoms with E-state index in [1.165, 1.54) is 6.07 Å². The lowest BCUT2D eigenvalue weighted by molar-refractivity contribution is 0.596. The minimum atomic E-state index is -0.0877. The van der Waals surface area contributed by atoms with Gasteiger partial charge in [-0.2, -0.15) is 0 Å². The summed E-state index contributed by atoms with van der Waals surface area (Å²) < 4.78 is 13.1. The summed E-state index contributed by atoms with van der Waals surface area (Å²) in [5.74, 6) is -0.0877. The molecule has 0 aromatic heterocycles. The number of aryl methyl sites for hydroxylation is 1. The molecule has 0 spiro atoms. The van der Waals surface area contributed by atoms with E-state index < -0.39 is 0 Å². The highest BCUT2D eigenvalue weighted by Gasteiger charge is 1.98. The molecule has 1 nitrogen and oxygen atoms in total. The average molecular weight is 181 g/mol. The first kappa shape index (κ1) is 10.2. The van der Waals surface area contributed by atoms with Gasteiger partial charge in [-0.1, -0.05) is 24.6 Å². The molecule has 0 saturated heterocycles. The number of hydrogen-bond donors (Lipinski definition) is 1. The average Bonchev–Trinajstić information content (AvgIpc) is 2.15. The summed E-state index contributed by atoms with van der Waals surface area (Å²) in [4.78, 5) is 0. The van der Waals surface area contributed by atoms with Crippen LogP contribution in [0.4, 0.5) is 4.39 Å². The second-order valence-corrected chi connectivity index (χ2v) is 3.19. The molecule has 0 heterocycles. The van der Waals surface area contributed by atoms with Gasteiger partial charge >= 0.3 is 0 Å². The van der Waals surface area contributed by atoms with Crippen LogP contribution in [0.15, 0.2) is 24.3 Å². The number of rotatable bonds is 5. The van der Waals surface area contributed by atoms with E-state index in [1.54, 1.807) is 6.07 Å². The molecule has 2 heteroatoms. The van der Waals surface area contributed by atoms with Crippen LogP contribution in [0.5, 0.6) is 0 Å². The Morgan fingerprint density at radius 3 is 2.54 bits per heavy atom. The Morgan fingerprint density at radius 1 is 1.08 bits per heavy atom. The first-order chi connectivity index (χ1) is 6.34. The number of unbranched alkanes of at least 4 members (excludes halogenated alkanes) is 2. The molecule has 0 radical (unpaired) electrons. The lowest BCUT2D eigenvalue weighted by Gasteiger charge is -2.01. The summed E-state index contributed by atoms with van der Waals surface area (Å²) in [5, 5.41) is 0. The molecule has 1 aromatic carbocycles.